The van der Waals surface area contributed by atoms with Crippen LogP contribution in [-0.4, -0.2) is 16.6 Å². The highest BCUT2D eigenvalue weighted by Gasteiger charge is 2.53. The summed E-state index contributed by atoms with van der Waals surface area (Å²) in [6.45, 7) is 5.65. The molecular weight excluding hydrogens is 190 g/mol. The van der Waals surface area contributed by atoms with Crippen molar-refractivity contribution in [2.45, 2.75) is 31.7 Å². The molecule has 2 rings (SSSR count). The lowest BCUT2D eigenvalue weighted by molar-refractivity contribution is -0.143. The molecule has 3 nitrogen and oxygen atoms in total. The first-order valence-corrected chi connectivity index (χ1v) is 5.01. The van der Waals surface area contributed by atoms with Crippen LogP contribution < -0.4 is 5.32 Å². The van der Waals surface area contributed by atoms with Gasteiger partial charge in [-0.3, -0.25) is 0 Å². The van der Waals surface area contributed by atoms with Crippen LogP contribution >= 0.6 is 0 Å². The molecule has 0 fully saturated rings. The van der Waals surface area contributed by atoms with Crippen LogP contribution in [0.15, 0.2) is 24.3 Å². The molecule has 0 saturated carbocycles. The maximum absolute atomic E-state index is 11.3. The zero-order valence-electron chi connectivity index (χ0n) is 9.16. The molecule has 1 aromatic rings. The lowest BCUT2D eigenvalue weighted by Crippen LogP contribution is -2.53. The van der Waals surface area contributed by atoms with E-state index in [1.54, 1.807) is 6.92 Å². The molecule has 0 spiro atoms. The van der Waals surface area contributed by atoms with Crippen LogP contribution in [0.1, 0.15) is 26.3 Å². The Labute approximate surface area is 89.1 Å². The van der Waals surface area contributed by atoms with Crippen LogP contribution in [0.4, 0.5) is 5.69 Å². The predicted octanol–water partition coefficient (Wildman–Crippen LogP) is 2.23. The highest BCUT2D eigenvalue weighted by molar-refractivity contribution is 5.89. The third-order valence-electron chi connectivity index (χ3n) is 3.66. The number of aliphatic carboxylic acids is 1. The molecule has 1 aromatic carbocycles. The quantitative estimate of drug-likeness (QED) is 0.739. The van der Waals surface area contributed by atoms with Crippen molar-refractivity contribution >= 4 is 11.7 Å². The van der Waals surface area contributed by atoms with Crippen LogP contribution in [0.2, 0.25) is 0 Å². The molecule has 1 unspecified atom stereocenters. The molecular formula is C12H15NO2. The Kier molecular flexibility index (Phi) is 1.84. The minimum atomic E-state index is -0.934. The number of hydrogen-bond acceptors (Lipinski definition) is 2. The fourth-order valence-corrected chi connectivity index (χ4v) is 2.15. The van der Waals surface area contributed by atoms with Crippen molar-refractivity contribution < 1.29 is 9.90 Å². The van der Waals surface area contributed by atoms with Gasteiger partial charge in [0.25, 0.3) is 0 Å². The standard InChI is InChI=1S/C12H15NO2/c1-11(2)8-6-4-5-7-9(8)13-12(11,3)10(14)15/h4-7,13H,1-3H3,(H,14,15). The number of carboxylic acids is 1. The summed E-state index contributed by atoms with van der Waals surface area (Å²) in [6.07, 6.45) is 0. The summed E-state index contributed by atoms with van der Waals surface area (Å²) < 4.78 is 0. The van der Waals surface area contributed by atoms with E-state index in [9.17, 15) is 9.90 Å². The Morgan fingerprint density at radius 3 is 2.40 bits per heavy atom. The first-order chi connectivity index (χ1) is 6.89. The van der Waals surface area contributed by atoms with E-state index in [2.05, 4.69) is 5.32 Å². The summed E-state index contributed by atoms with van der Waals surface area (Å²) >= 11 is 0. The lowest BCUT2D eigenvalue weighted by Gasteiger charge is -2.34. The highest BCUT2D eigenvalue weighted by Crippen LogP contribution is 2.46. The van der Waals surface area contributed by atoms with Crippen molar-refractivity contribution in [1.82, 2.24) is 0 Å². The molecule has 2 N–H and O–H groups in total. The van der Waals surface area contributed by atoms with Crippen molar-refractivity contribution in [2.24, 2.45) is 0 Å². The van der Waals surface area contributed by atoms with Crippen LogP contribution in [0.25, 0.3) is 0 Å². The van der Waals surface area contributed by atoms with Gasteiger partial charge in [0.05, 0.1) is 0 Å². The summed E-state index contributed by atoms with van der Waals surface area (Å²) in [5, 5.41) is 12.4. The topological polar surface area (TPSA) is 49.3 Å². The summed E-state index contributed by atoms with van der Waals surface area (Å²) in [5.74, 6) is -0.816. The molecule has 0 saturated heterocycles. The molecule has 0 bridgehead atoms. The number of hydrogen-bond donors (Lipinski definition) is 2. The Balaban J connectivity index is 2.61. The summed E-state index contributed by atoms with van der Waals surface area (Å²) in [4.78, 5) is 11.3. The van der Waals surface area contributed by atoms with E-state index in [4.69, 9.17) is 0 Å². The number of rotatable bonds is 1. The maximum atomic E-state index is 11.3. The predicted molar refractivity (Wildman–Crippen MR) is 59.1 cm³/mol. The van der Waals surface area contributed by atoms with Gasteiger partial charge in [-0.25, -0.2) is 4.79 Å². The monoisotopic (exact) mass is 205 g/mol. The highest BCUT2D eigenvalue weighted by atomic mass is 16.4. The van der Waals surface area contributed by atoms with Gasteiger partial charge in [0.1, 0.15) is 5.54 Å². The number of carboxylic acid groups (broad SMARTS) is 1. The second-order valence-electron chi connectivity index (χ2n) is 4.73. The number of para-hydroxylation sites is 1. The Bertz CT molecular complexity index is 425. The van der Waals surface area contributed by atoms with Crippen molar-refractivity contribution in [3.63, 3.8) is 0 Å². The van der Waals surface area contributed by atoms with Crippen molar-refractivity contribution in [2.75, 3.05) is 5.32 Å². The van der Waals surface area contributed by atoms with E-state index in [1.807, 2.05) is 38.1 Å². The van der Waals surface area contributed by atoms with Crippen LogP contribution in [0.5, 0.6) is 0 Å². The molecule has 1 aliphatic heterocycles. The van der Waals surface area contributed by atoms with E-state index in [1.165, 1.54) is 0 Å². The number of anilines is 1. The van der Waals surface area contributed by atoms with Crippen molar-refractivity contribution in [3.05, 3.63) is 29.8 Å². The molecule has 0 aliphatic carbocycles. The molecule has 3 heteroatoms. The molecule has 15 heavy (non-hydrogen) atoms. The fraction of sp³-hybridized carbons (Fsp3) is 0.417. The number of fused-ring (bicyclic) bond motifs is 1. The average Bonchev–Trinajstić information content (AvgIpc) is 2.37. The molecule has 0 amide bonds. The average molecular weight is 205 g/mol. The van der Waals surface area contributed by atoms with E-state index >= 15 is 0 Å². The van der Waals surface area contributed by atoms with Gasteiger partial charge < -0.3 is 10.4 Å². The summed E-state index contributed by atoms with van der Waals surface area (Å²) in [6, 6.07) is 7.76. The molecule has 1 aliphatic rings. The second-order valence-corrected chi connectivity index (χ2v) is 4.73. The molecule has 1 heterocycles. The van der Waals surface area contributed by atoms with Gasteiger partial charge in [0.2, 0.25) is 0 Å². The van der Waals surface area contributed by atoms with Crippen LogP contribution in [0.3, 0.4) is 0 Å². The van der Waals surface area contributed by atoms with Gasteiger partial charge in [-0.05, 0) is 18.6 Å². The molecule has 1 atom stereocenters. The summed E-state index contributed by atoms with van der Waals surface area (Å²) in [5.41, 5.74) is 0.647. The van der Waals surface area contributed by atoms with Gasteiger partial charge in [0, 0.05) is 11.1 Å². The van der Waals surface area contributed by atoms with Gasteiger partial charge >= 0.3 is 5.97 Å². The SMILES string of the molecule is CC1(C(=O)O)Nc2ccccc2C1(C)C. The zero-order chi connectivity index (χ0) is 11.3. The van der Waals surface area contributed by atoms with Gasteiger partial charge in [-0.2, -0.15) is 0 Å². The van der Waals surface area contributed by atoms with Gasteiger partial charge in [-0.15, -0.1) is 0 Å². The first kappa shape index (κ1) is 10.0. The van der Waals surface area contributed by atoms with Gasteiger partial charge in [-0.1, -0.05) is 32.0 Å². The van der Waals surface area contributed by atoms with E-state index < -0.39 is 16.9 Å². The van der Waals surface area contributed by atoms with Crippen LogP contribution in [-0.2, 0) is 10.2 Å². The first-order valence-electron chi connectivity index (χ1n) is 5.01. The third-order valence-corrected chi connectivity index (χ3v) is 3.66. The second kappa shape index (κ2) is 2.75. The fourth-order valence-electron chi connectivity index (χ4n) is 2.15. The maximum Gasteiger partial charge on any atom is 0.329 e. The Morgan fingerprint density at radius 1 is 1.27 bits per heavy atom. The van der Waals surface area contributed by atoms with E-state index in [0.717, 1.165) is 11.3 Å². The smallest absolute Gasteiger partial charge is 0.329 e. The Hall–Kier alpha value is -1.51. The number of benzene rings is 1. The number of nitrogens with one attached hydrogen (secondary N) is 1. The zero-order valence-corrected chi connectivity index (χ0v) is 9.16. The molecule has 80 valence electrons. The minimum Gasteiger partial charge on any atom is -0.479 e. The van der Waals surface area contributed by atoms with Crippen LogP contribution in [0, 0.1) is 0 Å². The third kappa shape index (κ3) is 1.09. The van der Waals surface area contributed by atoms with Gasteiger partial charge in [0.15, 0.2) is 0 Å². The lowest BCUT2D eigenvalue weighted by atomic mass is 9.72. The van der Waals surface area contributed by atoms with Crippen molar-refractivity contribution in [3.8, 4) is 0 Å². The summed E-state index contributed by atoms with van der Waals surface area (Å²) in [7, 11) is 0. The number of carbonyl (C=O) groups is 1. The normalized spacial score (nSPS) is 26.9. The minimum absolute atomic E-state index is 0.407. The van der Waals surface area contributed by atoms with E-state index in [-0.39, 0.29) is 0 Å². The largest absolute Gasteiger partial charge is 0.479 e. The van der Waals surface area contributed by atoms with Crippen molar-refractivity contribution in [1.29, 1.82) is 0 Å². The molecule has 0 aromatic heterocycles. The van der Waals surface area contributed by atoms with E-state index in [0.29, 0.717) is 0 Å². The molecule has 0 radical (unpaired) electrons. The Morgan fingerprint density at radius 2 is 1.87 bits per heavy atom.